The van der Waals surface area contributed by atoms with E-state index in [4.69, 9.17) is 23.2 Å². The van der Waals surface area contributed by atoms with Crippen LogP contribution in [-0.2, 0) is 0 Å². The Morgan fingerprint density at radius 2 is 1.29 bits per heavy atom. The van der Waals surface area contributed by atoms with Gasteiger partial charge in [0.2, 0.25) is 0 Å². The molecule has 4 aromatic heterocycles. The molecule has 0 atom stereocenters. The van der Waals surface area contributed by atoms with Crippen molar-refractivity contribution >= 4 is 45.2 Å². The van der Waals surface area contributed by atoms with Gasteiger partial charge in [-0.25, -0.2) is 0 Å². The van der Waals surface area contributed by atoms with Crippen LogP contribution < -0.4 is 3.58 Å². The summed E-state index contributed by atoms with van der Waals surface area (Å²) in [5, 5.41) is 1.45. The second-order valence-corrected chi connectivity index (χ2v) is 22.9. The Labute approximate surface area is 198 Å². The molecule has 0 saturated heterocycles. The van der Waals surface area contributed by atoms with Crippen molar-refractivity contribution in [1.82, 2.24) is 19.9 Å². The van der Waals surface area contributed by atoms with Crippen molar-refractivity contribution in [2.75, 3.05) is 0 Å². The molecule has 0 N–H and O–H groups in total. The van der Waals surface area contributed by atoms with Crippen LogP contribution in [-0.4, -0.2) is 38.3 Å². The SMILES string of the molecule is C.Clc1ccc(-c2cccnc2)nc1.[CH3][Sn]([CH3])([CH3])[c]1cc(-c2cccnc2)ncc1Cl. The van der Waals surface area contributed by atoms with Gasteiger partial charge >= 0.3 is 111 Å². The van der Waals surface area contributed by atoms with Crippen molar-refractivity contribution in [1.29, 1.82) is 0 Å². The predicted molar refractivity (Wildman–Crippen MR) is 135 cm³/mol. The van der Waals surface area contributed by atoms with Crippen LogP contribution in [0, 0.1) is 0 Å². The molecule has 0 fully saturated rings. The van der Waals surface area contributed by atoms with Crippen molar-refractivity contribution in [2.24, 2.45) is 0 Å². The Morgan fingerprint density at radius 3 is 1.77 bits per heavy atom. The summed E-state index contributed by atoms with van der Waals surface area (Å²) < 4.78 is 1.31. The van der Waals surface area contributed by atoms with Gasteiger partial charge < -0.3 is 0 Å². The molecular weight excluding hydrogens is 534 g/mol. The summed E-state index contributed by atoms with van der Waals surface area (Å²) in [5.41, 5.74) is 3.89. The van der Waals surface area contributed by atoms with Gasteiger partial charge in [0, 0.05) is 24.2 Å². The molecule has 0 bridgehead atoms. The molecular formula is C24H26Cl2N4Sn. The minimum absolute atomic E-state index is 0. The Balaban J connectivity index is 0.000000220. The number of nitrogens with zero attached hydrogens (tertiary/aromatic N) is 4. The molecule has 4 heterocycles. The molecule has 4 aromatic rings. The molecule has 0 aromatic carbocycles. The Morgan fingerprint density at radius 1 is 0.710 bits per heavy atom. The van der Waals surface area contributed by atoms with Crippen molar-refractivity contribution in [2.45, 2.75) is 22.2 Å². The number of aromatic nitrogens is 4. The first-order valence-electron chi connectivity index (χ1n) is 9.43. The third kappa shape index (κ3) is 7.27. The second-order valence-electron chi connectivity index (χ2n) is 7.64. The van der Waals surface area contributed by atoms with Crippen molar-refractivity contribution in [3.05, 3.63) is 89.7 Å². The van der Waals surface area contributed by atoms with Gasteiger partial charge in [-0.05, 0) is 24.3 Å². The molecule has 0 unspecified atom stereocenters. The molecule has 0 aliphatic rings. The van der Waals surface area contributed by atoms with Gasteiger partial charge in [0.1, 0.15) is 0 Å². The van der Waals surface area contributed by atoms with Gasteiger partial charge in [-0.1, -0.05) is 19.0 Å². The molecule has 4 rings (SSSR count). The summed E-state index contributed by atoms with van der Waals surface area (Å²) in [6, 6.07) is 13.6. The maximum absolute atomic E-state index is 6.24. The number of rotatable bonds is 3. The van der Waals surface area contributed by atoms with E-state index in [-0.39, 0.29) is 7.43 Å². The van der Waals surface area contributed by atoms with Crippen LogP contribution in [0.1, 0.15) is 7.43 Å². The zero-order valence-electron chi connectivity index (χ0n) is 17.1. The summed E-state index contributed by atoms with van der Waals surface area (Å²) in [6.07, 6.45) is 10.5. The van der Waals surface area contributed by atoms with E-state index in [1.165, 1.54) is 3.58 Å². The molecule has 0 amide bonds. The molecule has 4 nitrogen and oxygen atoms in total. The summed E-state index contributed by atoms with van der Waals surface area (Å²) in [5.74, 6) is 0. The zero-order valence-corrected chi connectivity index (χ0v) is 21.4. The first-order valence-corrected chi connectivity index (χ1v) is 20.2. The van der Waals surface area contributed by atoms with Crippen molar-refractivity contribution in [3.63, 3.8) is 0 Å². The van der Waals surface area contributed by atoms with Gasteiger partial charge in [0.25, 0.3) is 0 Å². The molecule has 0 aliphatic carbocycles. The van der Waals surface area contributed by atoms with Crippen LogP contribution in [0.2, 0.25) is 24.9 Å². The third-order valence-electron chi connectivity index (χ3n) is 4.31. The van der Waals surface area contributed by atoms with Crippen LogP contribution in [0.5, 0.6) is 0 Å². The van der Waals surface area contributed by atoms with Gasteiger partial charge in [-0.3, -0.25) is 9.97 Å². The van der Waals surface area contributed by atoms with E-state index in [9.17, 15) is 0 Å². The molecule has 160 valence electrons. The van der Waals surface area contributed by atoms with Crippen molar-refractivity contribution < 1.29 is 0 Å². The van der Waals surface area contributed by atoms with E-state index in [1.54, 1.807) is 31.0 Å². The van der Waals surface area contributed by atoms with Crippen LogP contribution in [0.3, 0.4) is 0 Å². The number of hydrogen-bond donors (Lipinski definition) is 0. The second kappa shape index (κ2) is 11.6. The first-order chi connectivity index (χ1) is 14.3. The van der Waals surface area contributed by atoms with E-state index in [0.29, 0.717) is 5.02 Å². The van der Waals surface area contributed by atoms with Crippen molar-refractivity contribution in [3.8, 4) is 22.5 Å². The van der Waals surface area contributed by atoms with Gasteiger partial charge in [0.05, 0.1) is 10.7 Å². The normalized spacial score (nSPS) is 10.5. The van der Waals surface area contributed by atoms with Crippen LogP contribution in [0.25, 0.3) is 22.5 Å². The summed E-state index contributed by atoms with van der Waals surface area (Å²) in [4.78, 5) is 23.7. The molecule has 31 heavy (non-hydrogen) atoms. The Kier molecular flexibility index (Phi) is 9.41. The number of hydrogen-bond acceptors (Lipinski definition) is 4. The first kappa shape index (κ1) is 25.2. The maximum atomic E-state index is 6.24. The standard InChI is InChI=1S/C10H7ClN2.C10H6ClN2.CH4.3CH3.Sn/c2*11-9-3-4-10(13-7-9)8-2-1-5-12-6-8;;;;;/h1-7H;1-2,4-7H;1H4;3*1H3;. The van der Waals surface area contributed by atoms with Gasteiger partial charge in [0.15, 0.2) is 0 Å². The average molecular weight is 560 g/mol. The quantitative estimate of drug-likeness (QED) is 0.260. The monoisotopic (exact) mass is 560 g/mol. The Hall–Kier alpha value is -2.02. The number of pyridine rings is 4. The van der Waals surface area contributed by atoms with E-state index < -0.39 is 18.4 Å². The van der Waals surface area contributed by atoms with Crippen LogP contribution >= 0.6 is 23.2 Å². The minimum atomic E-state index is -2.17. The fraction of sp³-hybridized carbons (Fsp3) is 0.167. The molecule has 0 spiro atoms. The van der Waals surface area contributed by atoms with E-state index in [2.05, 4.69) is 40.8 Å². The summed E-state index contributed by atoms with van der Waals surface area (Å²) in [6.45, 7) is 0. The molecule has 0 radical (unpaired) electrons. The van der Waals surface area contributed by atoms with Gasteiger partial charge in [-0.15, -0.1) is 0 Å². The van der Waals surface area contributed by atoms with E-state index >= 15 is 0 Å². The summed E-state index contributed by atoms with van der Waals surface area (Å²) >= 11 is 9.79. The topological polar surface area (TPSA) is 51.6 Å². The van der Waals surface area contributed by atoms with Crippen LogP contribution in [0.15, 0.2) is 79.6 Å². The van der Waals surface area contributed by atoms with E-state index in [0.717, 1.165) is 27.5 Å². The Bertz CT molecular complexity index is 1080. The van der Waals surface area contributed by atoms with Crippen LogP contribution in [0.4, 0.5) is 0 Å². The molecule has 7 heteroatoms. The summed E-state index contributed by atoms with van der Waals surface area (Å²) in [7, 11) is 0. The predicted octanol–water partition coefficient (Wildman–Crippen LogP) is 6.78. The van der Waals surface area contributed by atoms with Gasteiger partial charge in [-0.2, -0.15) is 0 Å². The zero-order chi connectivity index (χ0) is 21.6. The fourth-order valence-electron chi connectivity index (χ4n) is 2.75. The average Bonchev–Trinajstić information content (AvgIpc) is 2.75. The third-order valence-corrected chi connectivity index (χ3v) is 11.1. The molecule has 0 saturated carbocycles. The fourth-order valence-corrected chi connectivity index (χ4v) is 8.72. The van der Waals surface area contributed by atoms with E-state index in [1.807, 2.05) is 42.6 Å². The molecule has 0 aliphatic heterocycles. The number of halogens is 2.